The molecule has 2 atom stereocenters. The molecule has 0 spiro atoms. The summed E-state index contributed by atoms with van der Waals surface area (Å²) in [5.41, 5.74) is 4.92. The van der Waals surface area contributed by atoms with Gasteiger partial charge in [0.15, 0.2) is 0 Å². The SMILES string of the molecule is Cl.Cl.NC(=O)[C@]12CC1CCN2. The second-order valence-electron chi connectivity index (χ2n) is 2.95. The van der Waals surface area contributed by atoms with E-state index in [1.165, 1.54) is 0 Å². The highest BCUT2D eigenvalue weighted by Crippen LogP contribution is 2.49. The highest BCUT2D eigenvalue weighted by molar-refractivity contribution is 5.89. The summed E-state index contributed by atoms with van der Waals surface area (Å²) in [6.45, 7) is 0.966. The highest BCUT2D eigenvalue weighted by atomic mass is 35.5. The van der Waals surface area contributed by atoms with Crippen molar-refractivity contribution in [1.29, 1.82) is 0 Å². The van der Waals surface area contributed by atoms with E-state index >= 15 is 0 Å². The van der Waals surface area contributed by atoms with Gasteiger partial charge < -0.3 is 11.1 Å². The lowest BCUT2D eigenvalue weighted by atomic mass is 10.2. The molecular formula is C6H12Cl2N2O. The number of carbonyl (C=O) groups is 1. The first-order chi connectivity index (χ1) is 4.26. The van der Waals surface area contributed by atoms with E-state index in [0.717, 1.165) is 19.4 Å². The summed E-state index contributed by atoms with van der Waals surface area (Å²) in [7, 11) is 0. The molecule has 2 rings (SSSR count). The molecule has 1 amide bonds. The molecule has 0 aromatic rings. The number of amides is 1. The van der Waals surface area contributed by atoms with Gasteiger partial charge in [0, 0.05) is 0 Å². The molecule has 3 N–H and O–H groups in total. The monoisotopic (exact) mass is 198 g/mol. The molecule has 0 aromatic carbocycles. The number of halogens is 2. The summed E-state index contributed by atoms with van der Waals surface area (Å²) in [5, 5.41) is 3.13. The Morgan fingerprint density at radius 1 is 1.55 bits per heavy atom. The zero-order valence-corrected chi connectivity index (χ0v) is 7.63. The Labute approximate surface area is 77.9 Å². The third kappa shape index (κ3) is 1.33. The molecule has 66 valence electrons. The molecule has 2 fully saturated rings. The lowest BCUT2D eigenvalue weighted by Crippen LogP contribution is -2.41. The minimum absolute atomic E-state index is 0. The molecule has 5 heteroatoms. The van der Waals surface area contributed by atoms with Crippen LogP contribution >= 0.6 is 24.8 Å². The van der Waals surface area contributed by atoms with Crippen molar-refractivity contribution in [3.8, 4) is 0 Å². The Kier molecular flexibility index (Phi) is 3.17. The van der Waals surface area contributed by atoms with E-state index in [2.05, 4.69) is 5.32 Å². The maximum absolute atomic E-state index is 10.7. The minimum atomic E-state index is -0.250. The van der Waals surface area contributed by atoms with Gasteiger partial charge in [0.05, 0.1) is 0 Å². The van der Waals surface area contributed by atoms with Gasteiger partial charge in [-0.1, -0.05) is 0 Å². The standard InChI is InChI=1S/C6H10N2O.2ClH/c7-5(9)6-3-4(6)1-2-8-6;;/h4,8H,1-3H2,(H2,7,9);2*1H/t4?,6-;;/m0../s1. The third-order valence-electron chi connectivity index (χ3n) is 2.48. The Morgan fingerprint density at radius 3 is 2.36 bits per heavy atom. The fraction of sp³-hybridized carbons (Fsp3) is 0.833. The zero-order valence-electron chi connectivity index (χ0n) is 6.00. The zero-order chi connectivity index (χ0) is 6.48. The van der Waals surface area contributed by atoms with E-state index in [9.17, 15) is 4.79 Å². The molecule has 1 aliphatic heterocycles. The van der Waals surface area contributed by atoms with E-state index in [-0.39, 0.29) is 36.3 Å². The summed E-state index contributed by atoms with van der Waals surface area (Å²) < 4.78 is 0. The molecule has 1 aliphatic carbocycles. The number of nitrogens with one attached hydrogen (secondary N) is 1. The smallest absolute Gasteiger partial charge is 0.238 e. The van der Waals surface area contributed by atoms with Crippen LogP contribution in [0.4, 0.5) is 0 Å². The van der Waals surface area contributed by atoms with Crippen molar-refractivity contribution in [2.75, 3.05) is 6.54 Å². The van der Waals surface area contributed by atoms with Crippen LogP contribution in [0.1, 0.15) is 12.8 Å². The molecule has 0 radical (unpaired) electrons. The van der Waals surface area contributed by atoms with Crippen molar-refractivity contribution in [2.24, 2.45) is 11.7 Å². The topological polar surface area (TPSA) is 55.1 Å². The number of rotatable bonds is 1. The summed E-state index contributed by atoms with van der Waals surface area (Å²) in [6.07, 6.45) is 2.10. The summed E-state index contributed by atoms with van der Waals surface area (Å²) in [5.74, 6) is 0.403. The number of piperidine rings is 1. The third-order valence-corrected chi connectivity index (χ3v) is 2.48. The number of primary amides is 1. The number of hydrogen-bond acceptors (Lipinski definition) is 2. The highest BCUT2D eigenvalue weighted by Gasteiger charge is 2.61. The Hall–Kier alpha value is 0.01000. The van der Waals surface area contributed by atoms with Crippen LogP contribution in [0, 0.1) is 5.92 Å². The second kappa shape index (κ2) is 3.17. The van der Waals surface area contributed by atoms with Gasteiger partial charge in [-0.25, -0.2) is 0 Å². The van der Waals surface area contributed by atoms with Crippen LogP contribution in [0.25, 0.3) is 0 Å². The molecule has 0 aromatic heterocycles. The molecule has 1 heterocycles. The number of nitrogens with two attached hydrogens (primary N) is 1. The lowest BCUT2D eigenvalue weighted by molar-refractivity contribution is -0.120. The van der Waals surface area contributed by atoms with Gasteiger partial charge in [0.2, 0.25) is 5.91 Å². The van der Waals surface area contributed by atoms with Crippen LogP contribution in [0.5, 0.6) is 0 Å². The van der Waals surface area contributed by atoms with Crippen LogP contribution < -0.4 is 11.1 Å². The number of fused-ring (bicyclic) bond motifs is 1. The quantitative estimate of drug-likeness (QED) is 0.627. The van der Waals surface area contributed by atoms with Crippen LogP contribution in [0.2, 0.25) is 0 Å². The van der Waals surface area contributed by atoms with Gasteiger partial charge in [-0.15, -0.1) is 24.8 Å². The largest absolute Gasteiger partial charge is 0.368 e. The van der Waals surface area contributed by atoms with Crippen LogP contribution in [0.3, 0.4) is 0 Å². The maximum Gasteiger partial charge on any atom is 0.238 e. The fourth-order valence-electron chi connectivity index (χ4n) is 1.75. The molecular weight excluding hydrogens is 187 g/mol. The first kappa shape index (κ1) is 11.0. The van der Waals surface area contributed by atoms with Crippen molar-refractivity contribution in [1.82, 2.24) is 5.32 Å². The van der Waals surface area contributed by atoms with Crippen molar-refractivity contribution < 1.29 is 4.79 Å². The predicted molar refractivity (Wildman–Crippen MR) is 47.1 cm³/mol. The summed E-state index contributed by atoms with van der Waals surface area (Å²) in [6, 6.07) is 0. The van der Waals surface area contributed by atoms with Crippen molar-refractivity contribution >= 4 is 30.7 Å². The molecule has 1 saturated heterocycles. The molecule has 3 nitrogen and oxygen atoms in total. The molecule has 1 saturated carbocycles. The summed E-state index contributed by atoms with van der Waals surface area (Å²) in [4.78, 5) is 10.7. The second-order valence-corrected chi connectivity index (χ2v) is 2.95. The van der Waals surface area contributed by atoms with Crippen LogP contribution in [-0.4, -0.2) is 18.0 Å². The van der Waals surface area contributed by atoms with Crippen molar-refractivity contribution in [2.45, 2.75) is 18.4 Å². The van der Waals surface area contributed by atoms with Gasteiger partial charge in [-0.3, -0.25) is 4.79 Å². The Morgan fingerprint density at radius 2 is 2.18 bits per heavy atom. The first-order valence-corrected chi connectivity index (χ1v) is 3.31. The average molecular weight is 199 g/mol. The molecule has 1 unspecified atom stereocenters. The summed E-state index contributed by atoms with van der Waals surface area (Å²) >= 11 is 0. The molecule has 0 bridgehead atoms. The van der Waals surface area contributed by atoms with E-state index in [1.807, 2.05) is 0 Å². The minimum Gasteiger partial charge on any atom is -0.368 e. The van der Waals surface area contributed by atoms with Gasteiger partial charge in [0.25, 0.3) is 0 Å². The average Bonchev–Trinajstić information content (AvgIpc) is 2.38. The Bertz CT molecular complexity index is 176. The fourth-order valence-corrected chi connectivity index (χ4v) is 1.75. The normalized spacial score (nSPS) is 38.0. The predicted octanol–water partition coefficient (Wildman–Crippen LogP) is 0.0673. The Balaban J connectivity index is 0.000000500. The van der Waals surface area contributed by atoms with Crippen LogP contribution in [-0.2, 0) is 4.79 Å². The van der Waals surface area contributed by atoms with Gasteiger partial charge in [-0.05, 0) is 25.3 Å². The van der Waals surface area contributed by atoms with E-state index < -0.39 is 0 Å². The van der Waals surface area contributed by atoms with Gasteiger partial charge >= 0.3 is 0 Å². The number of hydrogen-bond donors (Lipinski definition) is 2. The lowest BCUT2D eigenvalue weighted by Gasteiger charge is -2.05. The van der Waals surface area contributed by atoms with Crippen molar-refractivity contribution in [3.63, 3.8) is 0 Å². The van der Waals surface area contributed by atoms with Gasteiger partial charge in [0.1, 0.15) is 5.54 Å². The van der Waals surface area contributed by atoms with E-state index in [1.54, 1.807) is 0 Å². The first-order valence-electron chi connectivity index (χ1n) is 3.31. The molecule has 2 aliphatic rings. The van der Waals surface area contributed by atoms with Crippen molar-refractivity contribution in [3.05, 3.63) is 0 Å². The number of carbonyl (C=O) groups excluding carboxylic acids is 1. The van der Waals surface area contributed by atoms with E-state index in [0.29, 0.717) is 5.92 Å². The molecule has 11 heavy (non-hydrogen) atoms. The van der Waals surface area contributed by atoms with Crippen LogP contribution in [0.15, 0.2) is 0 Å². The van der Waals surface area contributed by atoms with Gasteiger partial charge in [-0.2, -0.15) is 0 Å². The maximum atomic E-state index is 10.7. The van der Waals surface area contributed by atoms with E-state index in [4.69, 9.17) is 5.73 Å².